The van der Waals surface area contributed by atoms with Gasteiger partial charge in [-0.05, 0) is 17.5 Å². The van der Waals surface area contributed by atoms with Gasteiger partial charge in [-0.3, -0.25) is 4.79 Å². The van der Waals surface area contributed by atoms with Crippen LogP contribution in [0.25, 0.3) is 10.8 Å². The maximum atomic E-state index is 13.6. The number of aliphatic hydroxyl groups excluding tert-OH is 1. The molecule has 5 nitrogen and oxygen atoms in total. The van der Waals surface area contributed by atoms with E-state index in [1.807, 2.05) is 0 Å². The first kappa shape index (κ1) is 14.0. The number of aliphatic hydroxyl groups is 1. The monoisotopic (exact) mass is 277 g/mol. The van der Waals surface area contributed by atoms with E-state index in [1.54, 1.807) is 24.3 Å². The number of nitrogens with one attached hydrogen (secondary N) is 1. The highest BCUT2D eigenvalue weighted by Crippen LogP contribution is 2.21. The molecule has 0 saturated carbocycles. The summed E-state index contributed by atoms with van der Waals surface area (Å²) in [7, 11) is 0. The predicted octanol–water partition coefficient (Wildman–Crippen LogP) is 1.15. The molecule has 0 saturated heterocycles. The minimum atomic E-state index is -1.68. The molecule has 1 atom stereocenters. The molecule has 0 aliphatic carbocycles. The molecule has 104 valence electrons. The Labute approximate surface area is 113 Å². The largest absolute Gasteiger partial charge is 0.479 e. The summed E-state index contributed by atoms with van der Waals surface area (Å²) in [5, 5.41) is 20.7. The fourth-order valence-electron chi connectivity index (χ4n) is 1.83. The number of carbonyl (C=O) groups excluding carboxylic acids is 1. The van der Waals surface area contributed by atoms with Gasteiger partial charge in [-0.1, -0.05) is 24.3 Å². The molecule has 0 aliphatic heterocycles. The third-order valence-electron chi connectivity index (χ3n) is 2.86. The van der Waals surface area contributed by atoms with Crippen molar-refractivity contribution in [3.63, 3.8) is 0 Å². The molecule has 3 N–H and O–H groups in total. The molecule has 2 rings (SSSR count). The van der Waals surface area contributed by atoms with Crippen molar-refractivity contribution in [1.82, 2.24) is 5.32 Å². The standard InChI is InChI=1S/C14H12FNO4/c15-11-6-5-10(8-3-1-2-4-9(8)11)13(18)16-7-12(17)14(19)20/h1-6,12,17H,7H2,(H,16,18)(H,19,20). The number of benzene rings is 2. The van der Waals surface area contributed by atoms with Gasteiger partial charge in [0.05, 0.1) is 6.54 Å². The van der Waals surface area contributed by atoms with Gasteiger partial charge in [-0.25, -0.2) is 9.18 Å². The SMILES string of the molecule is O=C(NCC(O)C(=O)O)c1ccc(F)c2ccccc12. The van der Waals surface area contributed by atoms with Gasteiger partial charge in [0.1, 0.15) is 5.82 Å². The van der Waals surface area contributed by atoms with Gasteiger partial charge in [-0.15, -0.1) is 0 Å². The zero-order valence-corrected chi connectivity index (χ0v) is 10.3. The molecule has 0 aliphatic rings. The van der Waals surface area contributed by atoms with Crippen LogP contribution >= 0.6 is 0 Å². The molecule has 0 radical (unpaired) electrons. The quantitative estimate of drug-likeness (QED) is 0.782. The lowest BCUT2D eigenvalue weighted by Crippen LogP contribution is -2.36. The summed E-state index contributed by atoms with van der Waals surface area (Å²) < 4.78 is 13.6. The van der Waals surface area contributed by atoms with Crippen LogP contribution in [0, 0.1) is 5.82 Å². The summed E-state index contributed by atoms with van der Waals surface area (Å²) in [5.41, 5.74) is 0.222. The smallest absolute Gasteiger partial charge is 0.334 e. The number of halogens is 1. The fourth-order valence-corrected chi connectivity index (χ4v) is 1.83. The topological polar surface area (TPSA) is 86.6 Å². The predicted molar refractivity (Wildman–Crippen MR) is 69.9 cm³/mol. The van der Waals surface area contributed by atoms with Gasteiger partial charge in [0.25, 0.3) is 5.91 Å². The van der Waals surface area contributed by atoms with Crippen molar-refractivity contribution in [3.8, 4) is 0 Å². The van der Waals surface area contributed by atoms with E-state index >= 15 is 0 Å². The highest BCUT2D eigenvalue weighted by atomic mass is 19.1. The number of carboxylic acids is 1. The Morgan fingerprint density at radius 2 is 1.80 bits per heavy atom. The summed E-state index contributed by atoms with van der Waals surface area (Å²) >= 11 is 0. The molecule has 0 spiro atoms. The lowest BCUT2D eigenvalue weighted by Gasteiger charge is -2.10. The molecule has 2 aromatic rings. The highest BCUT2D eigenvalue weighted by molar-refractivity contribution is 6.07. The number of amides is 1. The summed E-state index contributed by atoms with van der Waals surface area (Å²) in [6.45, 7) is -0.417. The Hall–Kier alpha value is -2.47. The average Bonchev–Trinajstić information content (AvgIpc) is 2.45. The molecule has 0 fully saturated rings. The van der Waals surface area contributed by atoms with Crippen molar-refractivity contribution >= 4 is 22.6 Å². The Bertz CT molecular complexity index is 671. The van der Waals surface area contributed by atoms with E-state index < -0.39 is 30.3 Å². The molecular weight excluding hydrogens is 265 g/mol. The maximum Gasteiger partial charge on any atom is 0.334 e. The second-order valence-electron chi connectivity index (χ2n) is 4.20. The van der Waals surface area contributed by atoms with Crippen LogP contribution in [0.15, 0.2) is 36.4 Å². The fraction of sp³-hybridized carbons (Fsp3) is 0.143. The Kier molecular flexibility index (Phi) is 3.95. The Morgan fingerprint density at radius 1 is 1.15 bits per heavy atom. The number of fused-ring (bicyclic) bond motifs is 1. The van der Waals surface area contributed by atoms with Crippen LogP contribution < -0.4 is 5.32 Å². The minimum absolute atomic E-state index is 0.222. The van der Waals surface area contributed by atoms with E-state index in [2.05, 4.69) is 5.32 Å². The van der Waals surface area contributed by atoms with Gasteiger partial charge >= 0.3 is 5.97 Å². The summed E-state index contributed by atoms with van der Waals surface area (Å²) in [4.78, 5) is 22.4. The zero-order chi connectivity index (χ0) is 14.7. The zero-order valence-electron chi connectivity index (χ0n) is 10.3. The van der Waals surface area contributed by atoms with Crippen LogP contribution in [-0.2, 0) is 4.79 Å². The van der Waals surface area contributed by atoms with Crippen LogP contribution in [0.1, 0.15) is 10.4 Å². The maximum absolute atomic E-state index is 13.6. The highest BCUT2D eigenvalue weighted by Gasteiger charge is 2.16. The first-order valence-electron chi connectivity index (χ1n) is 5.87. The molecule has 6 heteroatoms. The van der Waals surface area contributed by atoms with E-state index in [9.17, 15) is 14.0 Å². The molecular formula is C14H12FNO4. The van der Waals surface area contributed by atoms with E-state index in [0.717, 1.165) is 0 Å². The Balaban J connectivity index is 2.27. The van der Waals surface area contributed by atoms with E-state index in [1.165, 1.54) is 12.1 Å². The number of hydrogen-bond donors (Lipinski definition) is 3. The number of rotatable bonds is 4. The van der Waals surface area contributed by atoms with Crippen LogP contribution in [0.5, 0.6) is 0 Å². The summed E-state index contributed by atoms with van der Waals surface area (Å²) in [5.74, 6) is -2.43. The van der Waals surface area contributed by atoms with Crippen molar-refractivity contribution in [2.24, 2.45) is 0 Å². The van der Waals surface area contributed by atoms with Crippen molar-refractivity contribution in [2.45, 2.75) is 6.10 Å². The van der Waals surface area contributed by atoms with Crippen molar-refractivity contribution in [1.29, 1.82) is 0 Å². The van der Waals surface area contributed by atoms with E-state index in [-0.39, 0.29) is 5.56 Å². The van der Waals surface area contributed by atoms with E-state index in [4.69, 9.17) is 10.2 Å². The molecule has 0 bridgehead atoms. The van der Waals surface area contributed by atoms with Crippen LogP contribution in [-0.4, -0.2) is 34.7 Å². The number of carbonyl (C=O) groups is 2. The van der Waals surface area contributed by atoms with Gasteiger partial charge < -0.3 is 15.5 Å². The van der Waals surface area contributed by atoms with Gasteiger partial charge in [0.2, 0.25) is 0 Å². The molecule has 1 unspecified atom stereocenters. The van der Waals surface area contributed by atoms with Crippen LogP contribution in [0.2, 0.25) is 0 Å². The lowest BCUT2D eigenvalue weighted by atomic mass is 10.0. The molecule has 1 amide bonds. The van der Waals surface area contributed by atoms with E-state index in [0.29, 0.717) is 10.8 Å². The second kappa shape index (κ2) is 5.66. The summed E-state index contributed by atoms with van der Waals surface area (Å²) in [6.07, 6.45) is -1.68. The minimum Gasteiger partial charge on any atom is -0.479 e. The van der Waals surface area contributed by atoms with Gasteiger partial charge in [0, 0.05) is 10.9 Å². The molecule has 20 heavy (non-hydrogen) atoms. The van der Waals surface area contributed by atoms with Gasteiger partial charge in [-0.2, -0.15) is 0 Å². The average molecular weight is 277 g/mol. The van der Waals surface area contributed by atoms with Gasteiger partial charge in [0.15, 0.2) is 6.10 Å². The van der Waals surface area contributed by atoms with Crippen molar-refractivity contribution < 1.29 is 24.2 Å². The van der Waals surface area contributed by atoms with Crippen LogP contribution in [0.3, 0.4) is 0 Å². The second-order valence-corrected chi connectivity index (χ2v) is 4.20. The molecule has 0 heterocycles. The first-order valence-corrected chi connectivity index (χ1v) is 5.87. The summed E-state index contributed by atoms with van der Waals surface area (Å²) in [6, 6.07) is 8.96. The normalized spacial score (nSPS) is 12.1. The lowest BCUT2D eigenvalue weighted by molar-refractivity contribution is -0.146. The third kappa shape index (κ3) is 2.75. The number of carboxylic acid groups (broad SMARTS) is 1. The Morgan fingerprint density at radius 3 is 2.45 bits per heavy atom. The number of aliphatic carboxylic acids is 1. The number of hydrogen-bond acceptors (Lipinski definition) is 3. The van der Waals surface area contributed by atoms with Crippen molar-refractivity contribution in [2.75, 3.05) is 6.54 Å². The van der Waals surface area contributed by atoms with Crippen molar-refractivity contribution in [3.05, 3.63) is 47.8 Å². The molecule has 0 aromatic heterocycles. The van der Waals surface area contributed by atoms with Crippen LogP contribution in [0.4, 0.5) is 4.39 Å². The molecule has 2 aromatic carbocycles. The third-order valence-corrected chi connectivity index (χ3v) is 2.86. The first-order chi connectivity index (χ1) is 9.50.